The molecule has 0 aromatic heterocycles. The fourth-order valence-corrected chi connectivity index (χ4v) is 12.9. The van der Waals surface area contributed by atoms with Crippen LogP contribution in [0.25, 0.3) is 0 Å². The minimum atomic E-state index is -1.58. The summed E-state index contributed by atoms with van der Waals surface area (Å²) in [5.41, 5.74) is -1.03. The van der Waals surface area contributed by atoms with Crippen LogP contribution in [0.3, 0.4) is 0 Å². The van der Waals surface area contributed by atoms with E-state index in [1.54, 1.807) is 0 Å². The van der Waals surface area contributed by atoms with Crippen molar-refractivity contribution >= 4 is 0 Å². The highest BCUT2D eigenvalue weighted by Crippen LogP contribution is 2.76. The van der Waals surface area contributed by atoms with Crippen molar-refractivity contribution in [3.63, 3.8) is 0 Å². The summed E-state index contributed by atoms with van der Waals surface area (Å²) >= 11 is 0. The number of hydrogen-bond acceptors (Lipinski definition) is 10. The molecule has 10 nitrogen and oxygen atoms in total. The van der Waals surface area contributed by atoms with Crippen molar-refractivity contribution < 1.29 is 50.3 Å². The van der Waals surface area contributed by atoms with Crippen molar-refractivity contribution in [2.45, 2.75) is 142 Å². The molecule has 10 heteroatoms. The molecule has 8 N–H and O–H groups in total. The molecule has 1 saturated heterocycles. The lowest BCUT2D eigenvalue weighted by Crippen LogP contribution is -2.68. The number of ether oxygens (including phenoxy) is 2. The smallest absolute Gasteiger partial charge is 0.187 e. The van der Waals surface area contributed by atoms with Gasteiger partial charge in [-0.15, -0.1) is 0 Å². The first-order valence-corrected chi connectivity index (χ1v) is 17.7. The Kier molecular flexibility index (Phi) is 8.74. The number of fused-ring (bicyclic) bond motifs is 7. The minimum Gasteiger partial charge on any atom is -0.396 e. The second-order valence-electron chi connectivity index (χ2n) is 17.8. The van der Waals surface area contributed by atoms with Gasteiger partial charge in [0.2, 0.25) is 0 Å². The Balaban J connectivity index is 1.34. The van der Waals surface area contributed by atoms with Gasteiger partial charge < -0.3 is 50.3 Å². The lowest BCUT2D eigenvalue weighted by Gasteiger charge is -2.70. The topological polar surface area (TPSA) is 180 Å². The van der Waals surface area contributed by atoms with E-state index in [9.17, 15) is 40.9 Å². The van der Waals surface area contributed by atoms with E-state index in [0.717, 1.165) is 19.3 Å². The first kappa shape index (κ1) is 35.2. The van der Waals surface area contributed by atoms with E-state index < -0.39 is 72.6 Å². The van der Waals surface area contributed by atoms with Gasteiger partial charge in [-0.05, 0) is 83.9 Å². The van der Waals surface area contributed by atoms with Crippen LogP contribution in [0.15, 0.2) is 11.6 Å². The maximum absolute atomic E-state index is 12.2. The number of hydrogen-bond donors (Lipinski definition) is 8. The Bertz CT molecular complexity index is 1190. The predicted octanol–water partition coefficient (Wildman–Crippen LogP) is 1.73. The Morgan fingerprint density at radius 1 is 0.848 bits per heavy atom. The summed E-state index contributed by atoms with van der Waals surface area (Å²) in [4.78, 5) is 0. The van der Waals surface area contributed by atoms with Crippen molar-refractivity contribution in [2.24, 2.45) is 56.7 Å². The van der Waals surface area contributed by atoms with Crippen LogP contribution in [0, 0.1) is 56.7 Å². The van der Waals surface area contributed by atoms with E-state index in [0.29, 0.717) is 25.2 Å². The Hall–Kier alpha value is -0.660. The largest absolute Gasteiger partial charge is 0.396 e. The van der Waals surface area contributed by atoms with Crippen LogP contribution in [0.5, 0.6) is 0 Å². The summed E-state index contributed by atoms with van der Waals surface area (Å²) in [5.74, 6) is 0.221. The van der Waals surface area contributed by atoms with Crippen LogP contribution in [-0.4, -0.2) is 109 Å². The van der Waals surface area contributed by atoms with E-state index in [2.05, 4.69) is 40.7 Å². The maximum atomic E-state index is 12.2. The highest BCUT2D eigenvalue weighted by molar-refractivity contribution is 5.35. The zero-order valence-electron chi connectivity index (χ0n) is 28.7. The van der Waals surface area contributed by atoms with Gasteiger partial charge in [0.25, 0.3) is 0 Å². The number of aliphatic hydroxyl groups excluding tert-OH is 8. The molecule has 46 heavy (non-hydrogen) atoms. The lowest BCUT2D eigenvalue weighted by atomic mass is 9.35. The van der Waals surface area contributed by atoms with Crippen LogP contribution in [0.4, 0.5) is 0 Å². The van der Waals surface area contributed by atoms with E-state index in [4.69, 9.17) is 9.47 Å². The summed E-state index contributed by atoms with van der Waals surface area (Å²) in [6, 6.07) is 0. The summed E-state index contributed by atoms with van der Waals surface area (Å²) in [6.45, 7) is 14.7. The standard InChI is InChI=1S/C36H60O10/c1-17(2)19-12-21(40)29-35(7)9-8-18-25(34(35,6)10-11-36(19,29)16-38)20(39)13-24-32(3,4)30(22(41)14-33(18,24)5)46-31-28(44)27(43)26(42)23(15-37)45-31/h8,17,19-31,37-44H,9-16H2,1-7H3/t19-,20-,21?,22+,23+,24?,25?,26+,27-,28+,29?,30-,31-,33+,34-,35+,36+/m0/s1. The molecule has 6 aliphatic rings. The third-order valence-corrected chi connectivity index (χ3v) is 15.2. The van der Waals surface area contributed by atoms with Gasteiger partial charge in [-0.2, -0.15) is 0 Å². The molecule has 6 rings (SSSR count). The van der Waals surface area contributed by atoms with Crippen LogP contribution in [0.1, 0.15) is 87.0 Å². The molecule has 0 aromatic carbocycles. The second kappa shape index (κ2) is 11.4. The highest BCUT2D eigenvalue weighted by atomic mass is 16.7. The first-order chi connectivity index (χ1) is 21.4. The fraction of sp³-hybridized carbons (Fsp3) is 0.944. The minimum absolute atomic E-state index is 0.0586. The van der Waals surface area contributed by atoms with Gasteiger partial charge in [-0.1, -0.05) is 60.1 Å². The van der Waals surface area contributed by atoms with E-state index in [1.165, 1.54) is 5.57 Å². The van der Waals surface area contributed by atoms with Gasteiger partial charge in [-0.25, -0.2) is 0 Å². The molecule has 4 unspecified atom stereocenters. The van der Waals surface area contributed by atoms with Crippen LogP contribution in [-0.2, 0) is 9.47 Å². The van der Waals surface area contributed by atoms with Gasteiger partial charge in [0, 0.05) is 17.9 Å². The third-order valence-electron chi connectivity index (χ3n) is 15.2. The number of allylic oxidation sites excluding steroid dienone is 1. The molecule has 5 aliphatic carbocycles. The van der Waals surface area contributed by atoms with Gasteiger partial charge in [-0.3, -0.25) is 0 Å². The average molecular weight is 653 g/mol. The van der Waals surface area contributed by atoms with Crippen LogP contribution >= 0.6 is 0 Å². The zero-order valence-corrected chi connectivity index (χ0v) is 28.7. The van der Waals surface area contributed by atoms with E-state index in [1.807, 2.05) is 13.8 Å². The Morgan fingerprint density at radius 2 is 1.52 bits per heavy atom. The van der Waals surface area contributed by atoms with Gasteiger partial charge in [0.15, 0.2) is 6.29 Å². The molecular formula is C36H60O10. The van der Waals surface area contributed by atoms with Gasteiger partial charge in [0.05, 0.1) is 31.0 Å². The molecule has 0 radical (unpaired) electrons. The van der Waals surface area contributed by atoms with Crippen molar-refractivity contribution in [1.29, 1.82) is 0 Å². The Labute approximate surface area is 273 Å². The summed E-state index contributed by atoms with van der Waals surface area (Å²) in [5, 5.41) is 87.7. The molecule has 17 atom stereocenters. The summed E-state index contributed by atoms with van der Waals surface area (Å²) < 4.78 is 11.9. The van der Waals surface area contributed by atoms with Crippen molar-refractivity contribution in [2.75, 3.05) is 13.2 Å². The molecule has 0 amide bonds. The van der Waals surface area contributed by atoms with Gasteiger partial charge >= 0.3 is 0 Å². The SMILES string of the molecule is CC(C)[C@@H]1CC(O)C2[C@@]1(CO)CC[C@@]1(C)C3C(=CC[C@]21C)[C@@]1(C)C[C@@H](O)[C@H](O[C@@H]2O[C@H](CO)[C@@H](O)[C@H](O)[C@H]2O)C(C)(C)C1C[C@@H]3O. The highest BCUT2D eigenvalue weighted by Gasteiger charge is 2.73. The lowest BCUT2D eigenvalue weighted by molar-refractivity contribution is -0.337. The van der Waals surface area contributed by atoms with Crippen molar-refractivity contribution in [3.05, 3.63) is 11.6 Å². The molecule has 0 spiro atoms. The molecule has 264 valence electrons. The van der Waals surface area contributed by atoms with Crippen molar-refractivity contribution in [1.82, 2.24) is 0 Å². The zero-order chi connectivity index (χ0) is 33.9. The summed E-state index contributed by atoms with van der Waals surface area (Å²) in [6.07, 6.45) is -3.91. The average Bonchev–Trinajstić information content (AvgIpc) is 3.30. The maximum Gasteiger partial charge on any atom is 0.187 e. The Morgan fingerprint density at radius 3 is 2.13 bits per heavy atom. The number of rotatable bonds is 5. The molecule has 0 aromatic rings. The molecule has 1 aliphatic heterocycles. The second-order valence-corrected chi connectivity index (χ2v) is 17.8. The summed E-state index contributed by atoms with van der Waals surface area (Å²) in [7, 11) is 0. The fourth-order valence-electron chi connectivity index (χ4n) is 12.9. The van der Waals surface area contributed by atoms with Gasteiger partial charge in [0.1, 0.15) is 24.4 Å². The normalized spacial score (nSPS) is 56.4. The third kappa shape index (κ3) is 4.50. The predicted molar refractivity (Wildman–Crippen MR) is 169 cm³/mol. The first-order valence-electron chi connectivity index (χ1n) is 17.7. The monoisotopic (exact) mass is 652 g/mol. The molecule has 0 bridgehead atoms. The van der Waals surface area contributed by atoms with Crippen molar-refractivity contribution in [3.8, 4) is 0 Å². The molecular weight excluding hydrogens is 592 g/mol. The number of aliphatic hydroxyl groups is 8. The van der Waals surface area contributed by atoms with Crippen LogP contribution < -0.4 is 0 Å². The van der Waals surface area contributed by atoms with E-state index >= 15 is 0 Å². The quantitative estimate of drug-likeness (QED) is 0.161. The van der Waals surface area contributed by atoms with Crippen LogP contribution in [0.2, 0.25) is 0 Å². The molecule has 1 heterocycles. The van der Waals surface area contributed by atoms with E-state index in [-0.39, 0.29) is 46.5 Å². The molecule has 4 saturated carbocycles. The molecule has 5 fully saturated rings.